The van der Waals surface area contributed by atoms with Gasteiger partial charge in [-0.1, -0.05) is 18.1 Å². The van der Waals surface area contributed by atoms with Gasteiger partial charge in [-0.2, -0.15) is 0 Å². The van der Waals surface area contributed by atoms with E-state index in [1.807, 2.05) is 52.1 Å². The molecule has 0 fully saturated rings. The van der Waals surface area contributed by atoms with Crippen LogP contribution in [0.15, 0.2) is 36.5 Å². The van der Waals surface area contributed by atoms with E-state index in [0.717, 1.165) is 11.3 Å². The monoisotopic (exact) mass is 237 g/mol. The largest absolute Gasteiger partial charge is 0.261 e. The molecule has 1 nitrogen and oxygen atoms in total. The van der Waals surface area contributed by atoms with Crippen LogP contribution in [0.3, 0.4) is 0 Å². The number of pyridine rings is 1. The van der Waals surface area contributed by atoms with E-state index in [1.165, 1.54) is 16.7 Å². The molecular formula is C17H19N. The van der Waals surface area contributed by atoms with E-state index in [9.17, 15) is 0 Å². The van der Waals surface area contributed by atoms with Gasteiger partial charge >= 0.3 is 0 Å². The zero-order valence-corrected chi connectivity index (χ0v) is 11.5. The van der Waals surface area contributed by atoms with Crippen molar-refractivity contribution in [3.8, 4) is 12.3 Å². The van der Waals surface area contributed by atoms with E-state index in [4.69, 9.17) is 6.42 Å². The molecule has 92 valence electrons. The minimum Gasteiger partial charge on any atom is -0.261 e. The minimum atomic E-state index is 0.970. The van der Waals surface area contributed by atoms with E-state index in [-0.39, 0.29) is 0 Å². The fraction of sp³-hybridized carbons (Fsp3) is 0.235. The second kappa shape index (κ2) is 6.61. The normalized spacial score (nSPS) is 9.06. The van der Waals surface area contributed by atoms with Crippen LogP contribution in [-0.2, 0) is 0 Å². The number of hydrogen-bond donors (Lipinski definition) is 0. The van der Waals surface area contributed by atoms with Crippen LogP contribution in [0.2, 0.25) is 0 Å². The average molecular weight is 237 g/mol. The van der Waals surface area contributed by atoms with Crippen molar-refractivity contribution in [2.24, 2.45) is 0 Å². The minimum absolute atomic E-state index is 0.970. The van der Waals surface area contributed by atoms with Crippen LogP contribution in [0.1, 0.15) is 27.9 Å². The number of nitrogens with zero attached hydrogens (tertiary/aromatic N) is 1. The fourth-order valence-corrected chi connectivity index (χ4v) is 1.60. The first-order valence-electron chi connectivity index (χ1n) is 5.95. The molecule has 0 radical (unpaired) electrons. The quantitative estimate of drug-likeness (QED) is 0.631. The zero-order chi connectivity index (χ0) is 13.5. The maximum atomic E-state index is 5.24. The SMILES string of the molecule is C#Cc1cc(C)cc(C)c1.Cc1ccc(C)nc1. The number of aromatic nitrogens is 1. The highest BCUT2D eigenvalue weighted by atomic mass is 14.6. The lowest BCUT2D eigenvalue weighted by molar-refractivity contribution is 1.17. The first-order valence-corrected chi connectivity index (χ1v) is 5.95. The Labute approximate surface area is 110 Å². The number of benzene rings is 1. The van der Waals surface area contributed by atoms with Crippen LogP contribution in [0.25, 0.3) is 0 Å². The molecule has 2 rings (SSSR count). The standard InChI is InChI=1S/C10H10.C7H9N/c1-4-10-6-8(2)5-9(3)7-10;1-6-3-4-7(2)8-5-6/h1,5-7H,2-3H3;3-5H,1-2H3. The lowest BCUT2D eigenvalue weighted by Crippen LogP contribution is -1.79. The molecule has 0 spiro atoms. The molecule has 0 N–H and O–H groups in total. The van der Waals surface area contributed by atoms with Gasteiger partial charge in [0.15, 0.2) is 0 Å². The lowest BCUT2D eigenvalue weighted by Gasteiger charge is -1.96. The third-order valence-corrected chi connectivity index (χ3v) is 2.45. The van der Waals surface area contributed by atoms with Crippen molar-refractivity contribution in [3.05, 3.63) is 64.5 Å². The maximum Gasteiger partial charge on any atom is 0.0372 e. The van der Waals surface area contributed by atoms with Crippen LogP contribution in [0, 0.1) is 40.0 Å². The third kappa shape index (κ3) is 4.84. The number of hydrogen-bond acceptors (Lipinski definition) is 1. The average Bonchev–Trinajstić information content (AvgIpc) is 2.32. The summed E-state index contributed by atoms with van der Waals surface area (Å²) in [5, 5.41) is 0. The molecule has 0 aliphatic rings. The molecule has 2 aromatic rings. The van der Waals surface area contributed by atoms with Gasteiger partial charge in [-0.15, -0.1) is 6.42 Å². The molecule has 0 saturated heterocycles. The van der Waals surface area contributed by atoms with E-state index in [0.29, 0.717) is 0 Å². The van der Waals surface area contributed by atoms with Crippen LogP contribution in [0.4, 0.5) is 0 Å². The van der Waals surface area contributed by atoms with Gasteiger partial charge in [-0.25, -0.2) is 0 Å². The van der Waals surface area contributed by atoms with Crippen LogP contribution >= 0.6 is 0 Å². The molecule has 1 heterocycles. The summed E-state index contributed by atoms with van der Waals surface area (Å²) in [4.78, 5) is 4.08. The summed E-state index contributed by atoms with van der Waals surface area (Å²) in [6.07, 6.45) is 7.11. The molecular weight excluding hydrogens is 218 g/mol. The summed E-state index contributed by atoms with van der Waals surface area (Å²) in [7, 11) is 0. The highest BCUT2D eigenvalue weighted by molar-refractivity contribution is 5.38. The Morgan fingerprint density at radius 1 is 0.889 bits per heavy atom. The van der Waals surface area contributed by atoms with Crippen molar-refractivity contribution in [3.63, 3.8) is 0 Å². The summed E-state index contributed by atoms with van der Waals surface area (Å²) in [5.74, 6) is 2.61. The summed E-state index contributed by atoms with van der Waals surface area (Å²) in [6.45, 7) is 8.12. The molecule has 0 amide bonds. The Balaban J connectivity index is 0.000000184. The number of terminal acetylenes is 1. The van der Waals surface area contributed by atoms with Crippen LogP contribution in [0.5, 0.6) is 0 Å². The molecule has 0 saturated carbocycles. The fourth-order valence-electron chi connectivity index (χ4n) is 1.60. The smallest absolute Gasteiger partial charge is 0.0372 e. The van der Waals surface area contributed by atoms with Crippen molar-refractivity contribution >= 4 is 0 Å². The highest BCUT2D eigenvalue weighted by Crippen LogP contribution is 2.06. The van der Waals surface area contributed by atoms with Crippen molar-refractivity contribution in [2.75, 3.05) is 0 Å². The molecule has 0 unspecified atom stereocenters. The first kappa shape index (κ1) is 14.0. The number of rotatable bonds is 0. The second-order valence-corrected chi connectivity index (χ2v) is 4.50. The van der Waals surface area contributed by atoms with Gasteiger partial charge < -0.3 is 0 Å². The molecule has 1 aromatic carbocycles. The van der Waals surface area contributed by atoms with Gasteiger partial charge in [-0.05, 0) is 62.6 Å². The lowest BCUT2D eigenvalue weighted by atomic mass is 10.1. The predicted octanol–water partition coefficient (Wildman–Crippen LogP) is 3.98. The van der Waals surface area contributed by atoms with Gasteiger partial charge in [0.25, 0.3) is 0 Å². The molecule has 0 atom stereocenters. The van der Waals surface area contributed by atoms with Gasteiger partial charge in [-0.3, -0.25) is 4.98 Å². The van der Waals surface area contributed by atoms with Gasteiger partial charge in [0.2, 0.25) is 0 Å². The van der Waals surface area contributed by atoms with Crippen molar-refractivity contribution in [1.82, 2.24) is 4.98 Å². The Morgan fingerprint density at radius 3 is 1.89 bits per heavy atom. The molecule has 1 heteroatoms. The second-order valence-electron chi connectivity index (χ2n) is 4.50. The number of aryl methyl sites for hydroxylation is 4. The summed E-state index contributed by atoms with van der Waals surface area (Å²) >= 11 is 0. The Hall–Kier alpha value is -2.07. The van der Waals surface area contributed by atoms with E-state index < -0.39 is 0 Å². The summed E-state index contributed by atoms with van der Waals surface area (Å²) in [6, 6.07) is 10.2. The van der Waals surface area contributed by atoms with Gasteiger partial charge in [0.05, 0.1) is 0 Å². The van der Waals surface area contributed by atoms with Crippen LogP contribution in [-0.4, -0.2) is 4.98 Å². The molecule has 0 bridgehead atoms. The van der Waals surface area contributed by atoms with E-state index in [1.54, 1.807) is 0 Å². The van der Waals surface area contributed by atoms with Gasteiger partial charge in [0, 0.05) is 17.5 Å². The van der Waals surface area contributed by atoms with E-state index >= 15 is 0 Å². The van der Waals surface area contributed by atoms with Gasteiger partial charge in [0.1, 0.15) is 0 Å². The summed E-state index contributed by atoms with van der Waals surface area (Å²) < 4.78 is 0. The summed E-state index contributed by atoms with van der Waals surface area (Å²) in [5.41, 5.74) is 5.73. The molecule has 18 heavy (non-hydrogen) atoms. The molecule has 1 aromatic heterocycles. The first-order chi connectivity index (χ1) is 8.51. The van der Waals surface area contributed by atoms with Crippen LogP contribution < -0.4 is 0 Å². The Morgan fingerprint density at radius 2 is 1.50 bits per heavy atom. The molecule has 0 aliphatic heterocycles. The maximum absolute atomic E-state index is 5.24. The van der Waals surface area contributed by atoms with Crippen molar-refractivity contribution in [1.29, 1.82) is 0 Å². The third-order valence-electron chi connectivity index (χ3n) is 2.45. The topological polar surface area (TPSA) is 12.9 Å². The predicted molar refractivity (Wildman–Crippen MR) is 77.6 cm³/mol. The van der Waals surface area contributed by atoms with Crippen molar-refractivity contribution in [2.45, 2.75) is 27.7 Å². The van der Waals surface area contributed by atoms with E-state index in [2.05, 4.69) is 23.0 Å². The zero-order valence-electron chi connectivity index (χ0n) is 11.5. The van der Waals surface area contributed by atoms with Crippen molar-refractivity contribution < 1.29 is 0 Å². The highest BCUT2D eigenvalue weighted by Gasteiger charge is 1.89. The Bertz CT molecular complexity index is 504. The molecule has 0 aliphatic carbocycles. The Kier molecular flexibility index (Phi) is 5.14.